The lowest BCUT2D eigenvalue weighted by Crippen LogP contribution is -2.31. The van der Waals surface area contributed by atoms with Crippen LogP contribution in [0.2, 0.25) is 0 Å². The third-order valence-electron chi connectivity index (χ3n) is 2.17. The Morgan fingerprint density at radius 1 is 1.47 bits per heavy atom. The first-order valence-corrected chi connectivity index (χ1v) is 4.69. The Bertz CT molecular complexity index is 383. The number of nitrogens with zero attached hydrogens (tertiary/aromatic N) is 1. The van der Waals surface area contributed by atoms with Gasteiger partial charge in [-0.3, -0.25) is 4.90 Å². The van der Waals surface area contributed by atoms with Crippen LogP contribution in [0.25, 0.3) is 0 Å². The molecule has 0 spiro atoms. The molecule has 0 bridgehead atoms. The van der Waals surface area contributed by atoms with Crippen LogP contribution in [0.1, 0.15) is 16.6 Å². The standard InChI is InChI=1S/C13H17N.ClH/c1-4-10-14(3)12(2)11-13-8-6-5-7-9-13;/h1,5-9,12H,10-11H2,2-3H3;1H/t12-;/m0./s1/i3D3;. The molecule has 0 saturated carbocycles. The molecule has 0 amide bonds. The largest absolute Gasteiger partial charge is 0.292 e. The van der Waals surface area contributed by atoms with Crippen LogP contribution in [0, 0.1) is 12.3 Å². The lowest BCUT2D eigenvalue weighted by atomic mass is 10.1. The highest BCUT2D eigenvalue weighted by Gasteiger charge is 2.07. The highest BCUT2D eigenvalue weighted by molar-refractivity contribution is 5.85. The fourth-order valence-electron chi connectivity index (χ4n) is 1.32. The molecule has 82 valence electrons. The molecule has 0 aromatic heterocycles. The van der Waals surface area contributed by atoms with Crippen molar-refractivity contribution in [3.8, 4) is 12.3 Å². The molecule has 0 aliphatic heterocycles. The Labute approximate surface area is 103 Å². The van der Waals surface area contributed by atoms with Crippen molar-refractivity contribution < 1.29 is 4.11 Å². The van der Waals surface area contributed by atoms with Gasteiger partial charge in [-0.15, -0.1) is 18.8 Å². The summed E-state index contributed by atoms with van der Waals surface area (Å²) in [5.74, 6) is 2.41. The van der Waals surface area contributed by atoms with E-state index in [4.69, 9.17) is 10.5 Å². The van der Waals surface area contributed by atoms with E-state index in [1.54, 1.807) is 0 Å². The Hall–Kier alpha value is -0.970. The maximum Gasteiger partial charge on any atom is 0.0598 e. The molecular formula is C13H18ClN. The van der Waals surface area contributed by atoms with Crippen molar-refractivity contribution in [2.75, 3.05) is 13.5 Å². The van der Waals surface area contributed by atoms with E-state index in [-0.39, 0.29) is 25.0 Å². The van der Waals surface area contributed by atoms with Gasteiger partial charge in [-0.2, -0.15) is 0 Å². The molecule has 0 aliphatic rings. The van der Waals surface area contributed by atoms with Gasteiger partial charge in [0.25, 0.3) is 0 Å². The van der Waals surface area contributed by atoms with Crippen molar-refractivity contribution in [2.45, 2.75) is 19.4 Å². The first-order chi connectivity index (χ1) is 7.95. The fraction of sp³-hybridized carbons (Fsp3) is 0.385. The van der Waals surface area contributed by atoms with Crippen molar-refractivity contribution in [3.63, 3.8) is 0 Å². The summed E-state index contributed by atoms with van der Waals surface area (Å²) in [6.07, 6.45) is 5.90. The normalized spacial score (nSPS) is 15.4. The summed E-state index contributed by atoms with van der Waals surface area (Å²) in [5, 5.41) is 0. The van der Waals surface area contributed by atoms with Crippen molar-refractivity contribution in [1.29, 1.82) is 0 Å². The first kappa shape index (κ1) is 9.27. The van der Waals surface area contributed by atoms with E-state index in [1.165, 1.54) is 4.90 Å². The predicted molar refractivity (Wildman–Crippen MR) is 68.3 cm³/mol. The van der Waals surface area contributed by atoms with E-state index in [0.29, 0.717) is 6.42 Å². The Kier molecular flexibility index (Phi) is 4.54. The maximum absolute atomic E-state index is 7.45. The average Bonchev–Trinajstić information content (AvgIpc) is 2.25. The number of benzene rings is 1. The van der Waals surface area contributed by atoms with E-state index in [0.717, 1.165) is 5.56 Å². The summed E-state index contributed by atoms with van der Waals surface area (Å²) in [4.78, 5) is 1.38. The minimum Gasteiger partial charge on any atom is -0.292 e. The summed E-state index contributed by atoms with van der Waals surface area (Å²) in [6, 6.07) is 9.71. The van der Waals surface area contributed by atoms with E-state index in [9.17, 15) is 0 Å². The van der Waals surface area contributed by atoms with Gasteiger partial charge >= 0.3 is 0 Å². The smallest absolute Gasteiger partial charge is 0.0598 e. The topological polar surface area (TPSA) is 3.24 Å². The van der Waals surface area contributed by atoms with Gasteiger partial charge < -0.3 is 0 Å². The number of hydrogen-bond acceptors (Lipinski definition) is 1. The molecule has 2 heteroatoms. The number of hydrogen-bond donors (Lipinski definition) is 0. The van der Waals surface area contributed by atoms with Crippen LogP contribution in [0.4, 0.5) is 0 Å². The van der Waals surface area contributed by atoms with Gasteiger partial charge in [0, 0.05) is 10.2 Å². The number of likely N-dealkylation sites (N-methyl/N-ethyl adjacent to an activating group) is 1. The predicted octanol–water partition coefficient (Wildman–Crippen LogP) is 2.60. The molecule has 1 nitrogen and oxygen atoms in total. The molecule has 15 heavy (non-hydrogen) atoms. The molecule has 1 aromatic rings. The minimum atomic E-state index is -2.14. The molecule has 0 heterocycles. The summed E-state index contributed by atoms with van der Waals surface area (Å²) >= 11 is 0. The second-order valence-electron chi connectivity index (χ2n) is 3.37. The van der Waals surface area contributed by atoms with E-state index in [2.05, 4.69) is 5.92 Å². The molecular weight excluding hydrogens is 206 g/mol. The van der Waals surface area contributed by atoms with E-state index in [1.807, 2.05) is 37.3 Å². The van der Waals surface area contributed by atoms with Gasteiger partial charge in [0.15, 0.2) is 0 Å². The molecule has 1 atom stereocenters. The Morgan fingerprint density at radius 3 is 2.67 bits per heavy atom. The quantitative estimate of drug-likeness (QED) is 0.714. The number of rotatable bonds is 4. The van der Waals surface area contributed by atoms with Crippen LogP contribution in [0.15, 0.2) is 30.3 Å². The number of terminal acetylenes is 1. The monoisotopic (exact) mass is 226 g/mol. The Balaban J connectivity index is 0.00000289. The van der Waals surface area contributed by atoms with Crippen molar-refractivity contribution in [2.24, 2.45) is 0 Å². The van der Waals surface area contributed by atoms with Gasteiger partial charge in [0.05, 0.1) is 6.54 Å². The van der Waals surface area contributed by atoms with Crippen LogP contribution in [-0.4, -0.2) is 24.5 Å². The van der Waals surface area contributed by atoms with Gasteiger partial charge in [0.1, 0.15) is 0 Å². The summed E-state index contributed by atoms with van der Waals surface area (Å²) in [5.41, 5.74) is 1.12. The van der Waals surface area contributed by atoms with Crippen molar-refractivity contribution >= 4 is 12.4 Å². The van der Waals surface area contributed by atoms with Crippen LogP contribution in [0.5, 0.6) is 0 Å². The van der Waals surface area contributed by atoms with Crippen LogP contribution >= 0.6 is 12.4 Å². The van der Waals surface area contributed by atoms with Crippen LogP contribution < -0.4 is 0 Å². The highest BCUT2D eigenvalue weighted by Crippen LogP contribution is 2.06. The fourth-order valence-corrected chi connectivity index (χ4v) is 1.32. The molecule has 0 N–H and O–H groups in total. The van der Waals surface area contributed by atoms with E-state index >= 15 is 0 Å². The van der Waals surface area contributed by atoms with Crippen LogP contribution in [0.3, 0.4) is 0 Å². The van der Waals surface area contributed by atoms with Crippen LogP contribution in [-0.2, 0) is 6.42 Å². The second kappa shape index (κ2) is 7.34. The number of halogens is 1. The summed E-state index contributed by atoms with van der Waals surface area (Å²) in [6.45, 7) is -0.109. The molecule has 1 rings (SSSR count). The van der Waals surface area contributed by atoms with Gasteiger partial charge in [-0.25, -0.2) is 0 Å². The van der Waals surface area contributed by atoms with Gasteiger partial charge in [0.2, 0.25) is 0 Å². The molecule has 0 fully saturated rings. The molecule has 0 saturated heterocycles. The average molecular weight is 227 g/mol. The summed E-state index contributed by atoms with van der Waals surface area (Å²) in [7, 11) is 0. The van der Waals surface area contributed by atoms with Crippen molar-refractivity contribution in [1.82, 2.24) is 4.90 Å². The molecule has 1 aromatic carbocycles. The van der Waals surface area contributed by atoms with E-state index < -0.39 is 6.98 Å². The SMILES string of the molecule is Cl.[2H]C([2H])([2H])N(CC#C)[C@@H](C)Cc1ccccc1. The summed E-state index contributed by atoms with van der Waals surface area (Å²) < 4.78 is 22.4. The zero-order valence-corrected chi connectivity index (χ0v) is 9.63. The molecule has 0 unspecified atom stereocenters. The zero-order valence-electron chi connectivity index (χ0n) is 11.8. The van der Waals surface area contributed by atoms with Crippen molar-refractivity contribution in [3.05, 3.63) is 35.9 Å². The maximum atomic E-state index is 7.45. The molecule has 0 radical (unpaired) electrons. The highest BCUT2D eigenvalue weighted by atomic mass is 35.5. The molecule has 0 aliphatic carbocycles. The third-order valence-corrected chi connectivity index (χ3v) is 2.17. The Morgan fingerprint density at radius 2 is 2.13 bits per heavy atom. The third kappa shape index (κ3) is 4.88. The van der Waals surface area contributed by atoms with Gasteiger partial charge in [-0.1, -0.05) is 36.3 Å². The lowest BCUT2D eigenvalue weighted by Gasteiger charge is -2.22. The van der Waals surface area contributed by atoms with Gasteiger partial charge in [-0.05, 0) is 25.9 Å². The zero-order chi connectivity index (χ0) is 12.9. The minimum absolute atomic E-state index is 0. The first-order valence-electron chi connectivity index (χ1n) is 6.19. The second-order valence-corrected chi connectivity index (χ2v) is 3.37. The lowest BCUT2D eigenvalue weighted by molar-refractivity contribution is 0.287.